The average molecular weight is 239 g/mol. The predicted molar refractivity (Wildman–Crippen MR) is 70.8 cm³/mol. The molecule has 0 aromatic heterocycles. The quantitative estimate of drug-likeness (QED) is 0.755. The van der Waals surface area contributed by atoms with Gasteiger partial charge in [0.1, 0.15) is 0 Å². The molecular formula is C15H15N2O. The van der Waals surface area contributed by atoms with Crippen molar-refractivity contribution in [1.29, 1.82) is 0 Å². The highest BCUT2D eigenvalue weighted by molar-refractivity contribution is 5.93. The van der Waals surface area contributed by atoms with Gasteiger partial charge >= 0.3 is 0 Å². The van der Waals surface area contributed by atoms with Gasteiger partial charge in [0.2, 0.25) is 0 Å². The highest BCUT2D eigenvalue weighted by Gasteiger charge is 2.14. The summed E-state index contributed by atoms with van der Waals surface area (Å²) in [4.78, 5) is 12.2. The maximum Gasteiger partial charge on any atom is 0.269 e. The lowest BCUT2D eigenvalue weighted by atomic mass is 10.2. The second-order valence-corrected chi connectivity index (χ2v) is 3.91. The Morgan fingerprint density at radius 3 is 2.11 bits per heavy atom. The summed E-state index contributed by atoms with van der Waals surface area (Å²) in [5.74, 6) is -0.0815. The van der Waals surface area contributed by atoms with Crippen LogP contribution in [0.4, 0.5) is 0 Å². The maximum absolute atomic E-state index is 12.2. The third kappa shape index (κ3) is 2.96. The smallest absolute Gasteiger partial charge is 0.268 e. The van der Waals surface area contributed by atoms with E-state index in [4.69, 9.17) is 0 Å². The molecular weight excluding hydrogens is 224 g/mol. The molecule has 3 nitrogen and oxygen atoms in total. The molecule has 0 aliphatic rings. The monoisotopic (exact) mass is 239 g/mol. The maximum atomic E-state index is 12.2. The normalized spacial score (nSPS) is 10.1. The molecule has 1 amide bonds. The van der Waals surface area contributed by atoms with Gasteiger partial charge in [-0.05, 0) is 17.7 Å². The molecule has 2 aromatic rings. The Morgan fingerprint density at radius 2 is 1.56 bits per heavy atom. The zero-order valence-corrected chi connectivity index (χ0v) is 10.3. The van der Waals surface area contributed by atoms with Crippen LogP contribution in [-0.2, 0) is 6.54 Å². The summed E-state index contributed by atoms with van der Waals surface area (Å²) in [5.41, 5.74) is 5.76. The third-order valence-electron chi connectivity index (χ3n) is 2.67. The van der Waals surface area contributed by atoms with Crippen LogP contribution in [0.3, 0.4) is 0 Å². The standard InChI is InChI=1S/C15H15N2O/c1-16-17(12-13-8-4-2-5-9-13)15(18)14-10-6-3-7-11-14/h2-11H,12H2,1H3. The topological polar surface area (TPSA) is 34.4 Å². The summed E-state index contributed by atoms with van der Waals surface area (Å²) in [7, 11) is 1.63. The van der Waals surface area contributed by atoms with Crippen LogP contribution in [0.25, 0.3) is 0 Å². The summed E-state index contributed by atoms with van der Waals surface area (Å²) in [6, 6.07) is 19.0. The Bertz CT molecular complexity index is 496. The first-order valence-electron chi connectivity index (χ1n) is 5.82. The number of hydrogen-bond acceptors (Lipinski definition) is 1. The van der Waals surface area contributed by atoms with Crippen LogP contribution < -0.4 is 5.43 Å². The van der Waals surface area contributed by atoms with Crippen molar-refractivity contribution < 1.29 is 4.79 Å². The fraction of sp³-hybridized carbons (Fsp3) is 0.133. The van der Waals surface area contributed by atoms with Crippen molar-refractivity contribution in [2.75, 3.05) is 7.05 Å². The van der Waals surface area contributed by atoms with E-state index >= 15 is 0 Å². The van der Waals surface area contributed by atoms with Gasteiger partial charge in [-0.15, -0.1) is 5.43 Å². The molecule has 91 valence electrons. The lowest BCUT2D eigenvalue weighted by Gasteiger charge is -2.19. The Hall–Kier alpha value is -2.13. The summed E-state index contributed by atoms with van der Waals surface area (Å²) in [5, 5.41) is 1.48. The Balaban J connectivity index is 2.12. The lowest BCUT2D eigenvalue weighted by molar-refractivity contribution is 0.0653. The molecule has 1 radical (unpaired) electrons. The van der Waals surface area contributed by atoms with E-state index in [9.17, 15) is 4.79 Å². The molecule has 2 aromatic carbocycles. The van der Waals surface area contributed by atoms with E-state index in [1.165, 1.54) is 5.01 Å². The number of hydrogen-bond donors (Lipinski definition) is 0. The van der Waals surface area contributed by atoms with Crippen LogP contribution in [0.2, 0.25) is 0 Å². The van der Waals surface area contributed by atoms with Gasteiger partial charge in [0.25, 0.3) is 5.91 Å². The molecule has 0 bridgehead atoms. The zero-order valence-electron chi connectivity index (χ0n) is 10.3. The fourth-order valence-corrected chi connectivity index (χ4v) is 1.72. The summed E-state index contributed by atoms with van der Waals surface area (Å²) in [6.07, 6.45) is 0. The fourth-order valence-electron chi connectivity index (χ4n) is 1.72. The Kier molecular flexibility index (Phi) is 4.10. The zero-order chi connectivity index (χ0) is 12.8. The molecule has 0 aliphatic carbocycles. The summed E-state index contributed by atoms with van der Waals surface area (Å²) < 4.78 is 0. The largest absolute Gasteiger partial charge is 0.269 e. The van der Waals surface area contributed by atoms with Gasteiger partial charge in [0.15, 0.2) is 0 Å². The minimum absolute atomic E-state index is 0.0815. The van der Waals surface area contributed by atoms with Crippen LogP contribution in [0.5, 0.6) is 0 Å². The first kappa shape index (κ1) is 12.3. The minimum atomic E-state index is -0.0815. The number of rotatable bonds is 4. The first-order valence-corrected chi connectivity index (χ1v) is 5.82. The summed E-state index contributed by atoms with van der Waals surface area (Å²) >= 11 is 0. The molecule has 0 unspecified atom stereocenters. The van der Waals surface area contributed by atoms with Crippen LogP contribution >= 0.6 is 0 Å². The number of carbonyl (C=O) groups excluding carboxylic acids is 1. The third-order valence-corrected chi connectivity index (χ3v) is 2.67. The van der Waals surface area contributed by atoms with Gasteiger partial charge in [0.05, 0.1) is 6.54 Å². The molecule has 0 heterocycles. The molecule has 0 fully saturated rings. The van der Waals surface area contributed by atoms with E-state index in [2.05, 4.69) is 5.43 Å². The van der Waals surface area contributed by atoms with Crippen molar-refractivity contribution >= 4 is 5.91 Å². The molecule has 0 atom stereocenters. The van der Waals surface area contributed by atoms with Crippen LogP contribution in [0, 0.1) is 0 Å². The highest BCUT2D eigenvalue weighted by atomic mass is 16.2. The van der Waals surface area contributed by atoms with Gasteiger partial charge in [-0.3, -0.25) is 9.80 Å². The molecule has 3 heteroatoms. The molecule has 18 heavy (non-hydrogen) atoms. The minimum Gasteiger partial charge on any atom is -0.268 e. The van der Waals surface area contributed by atoms with Gasteiger partial charge in [0, 0.05) is 12.6 Å². The second-order valence-electron chi connectivity index (χ2n) is 3.91. The Morgan fingerprint density at radius 1 is 1.00 bits per heavy atom. The summed E-state index contributed by atoms with van der Waals surface area (Å²) in [6.45, 7) is 0.491. The van der Waals surface area contributed by atoms with Crippen LogP contribution in [0.1, 0.15) is 15.9 Å². The van der Waals surface area contributed by atoms with E-state index in [0.29, 0.717) is 12.1 Å². The van der Waals surface area contributed by atoms with Crippen LogP contribution in [-0.4, -0.2) is 18.0 Å². The SMILES string of the molecule is C[N]N(Cc1ccccc1)C(=O)c1ccccc1. The van der Waals surface area contributed by atoms with Crippen molar-refractivity contribution in [2.24, 2.45) is 0 Å². The molecule has 0 saturated carbocycles. The number of carbonyl (C=O) groups is 1. The molecule has 0 spiro atoms. The molecule has 0 saturated heterocycles. The van der Waals surface area contributed by atoms with Crippen molar-refractivity contribution in [3.8, 4) is 0 Å². The van der Waals surface area contributed by atoms with Gasteiger partial charge < -0.3 is 0 Å². The first-order chi connectivity index (χ1) is 8.81. The number of amides is 1. The van der Waals surface area contributed by atoms with Crippen molar-refractivity contribution in [3.05, 3.63) is 71.8 Å². The molecule has 0 aliphatic heterocycles. The van der Waals surface area contributed by atoms with E-state index < -0.39 is 0 Å². The van der Waals surface area contributed by atoms with E-state index in [1.807, 2.05) is 48.5 Å². The lowest BCUT2D eigenvalue weighted by Crippen LogP contribution is -2.35. The van der Waals surface area contributed by atoms with Gasteiger partial charge in [-0.25, -0.2) is 0 Å². The average Bonchev–Trinajstić information content (AvgIpc) is 2.46. The van der Waals surface area contributed by atoms with Crippen molar-refractivity contribution in [1.82, 2.24) is 10.4 Å². The Labute approximate surface area is 107 Å². The molecule has 2 rings (SSSR count). The van der Waals surface area contributed by atoms with Gasteiger partial charge in [-0.2, -0.15) is 0 Å². The van der Waals surface area contributed by atoms with Gasteiger partial charge in [-0.1, -0.05) is 48.5 Å². The van der Waals surface area contributed by atoms with E-state index in [1.54, 1.807) is 19.2 Å². The number of benzene rings is 2. The van der Waals surface area contributed by atoms with Crippen molar-refractivity contribution in [2.45, 2.75) is 6.54 Å². The molecule has 0 N–H and O–H groups in total. The van der Waals surface area contributed by atoms with E-state index in [0.717, 1.165) is 5.56 Å². The predicted octanol–water partition coefficient (Wildman–Crippen LogP) is 2.48. The highest BCUT2D eigenvalue weighted by Crippen LogP contribution is 2.08. The van der Waals surface area contributed by atoms with Crippen LogP contribution in [0.15, 0.2) is 60.7 Å². The second kappa shape index (κ2) is 5.98. The van der Waals surface area contributed by atoms with Crippen molar-refractivity contribution in [3.63, 3.8) is 0 Å². The van der Waals surface area contributed by atoms with E-state index in [-0.39, 0.29) is 5.91 Å². The number of nitrogens with zero attached hydrogens (tertiary/aromatic N) is 2.